The zero-order valence-electron chi connectivity index (χ0n) is 16.8. The Morgan fingerprint density at radius 2 is 1.79 bits per heavy atom. The normalized spacial score (nSPS) is 24.7. The molecule has 0 bridgehead atoms. The summed E-state index contributed by atoms with van der Waals surface area (Å²) in [7, 11) is 0. The minimum atomic E-state index is -0.390. The maximum atomic E-state index is 13.7. The Labute approximate surface area is 167 Å². The molecule has 1 amide bonds. The third kappa shape index (κ3) is 4.25. The lowest BCUT2D eigenvalue weighted by Gasteiger charge is -2.40. The minimum Gasteiger partial charge on any atom is -0.381 e. The predicted octanol–water partition coefficient (Wildman–Crippen LogP) is 4.12. The first kappa shape index (κ1) is 19.8. The van der Waals surface area contributed by atoms with E-state index >= 15 is 0 Å². The molecule has 0 unspecified atom stereocenters. The standard InChI is InChI=1S/C23H32FNO3/c24-20-6-4-5-19(17-20)18-22(7-2-1-3-8-22)21(26)25-12-9-23(28-16-13-25)10-14-27-15-11-23/h4-6,17H,1-3,7-16,18H2. The van der Waals surface area contributed by atoms with Gasteiger partial charge in [-0.1, -0.05) is 31.4 Å². The van der Waals surface area contributed by atoms with E-state index < -0.39 is 0 Å². The highest BCUT2D eigenvalue weighted by molar-refractivity contribution is 5.83. The van der Waals surface area contributed by atoms with Crippen LogP contribution in [-0.2, 0) is 20.7 Å². The number of carbonyl (C=O) groups is 1. The maximum absolute atomic E-state index is 13.7. The lowest BCUT2D eigenvalue weighted by atomic mass is 9.69. The Morgan fingerprint density at radius 3 is 2.54 bits per heavy atom. The summed E-state index contributed by atoms with van der Waals surface area (Å²) >= 11 is 0. The highest BCUT2D eigenvalue weighted by Crippen LogP contribution is 2.42. The molecule has 1 aliphatic carbocycles. The van der Waals surface area contributed by atoms with E-state index in [0.29, 0.717) is 19.6 Å². The molecule has 1 saturated carbocycles. The van der Waals surface area contributed by atoms with Crippen LogP contribution < -0.4 is 0 Å². The zero-order valence-corrected chi connectivity index (χ0v) is 16.8. The Hall–Kier alpha value is -1.46. The number of halogens is 1. The van der Waals surface area contributed by atoms with Gasteiger partial charge in [0.15, 0.2) is 0 Å². The van der Waals surface area contributed by atoms with Crippen molar-refractivity contribution >= 4 is 5.91 Å². The van der Waals surface area contributed by atoms with Crippen LogP contribution in [0.25, 0.3) is 0 Å². The van der Waals surface area contributed by atoms with Crippen molar-refractivity contribution in [3.05, 3.63) is 35.6 Å². The van der Waals surface area contributed by atoms with E-state index in [0.717, 1.165) is 70.3 Å². The third-order valence-corrected chi connectivity index (χ3v) is 6.99. The summed E-state index contributed by atoms with van der Waals surface area (Å²) in [5.74, 6) is 0.0321. The van der Waals surface area contributed by atoms with Crippen molar-refractivity contribution in [1.29, 1.82) is 0 Å². The maximum Gasteiger partial charge on any atom is 0.229 e. The van der Waals surface area contributed by atoms with Gasteiger partial charge in [-0.05, 0) is 56.2 Å². The molecule has 4 rings (SSSR count). The summed E-state index contributed by atoms with van der Waals surface area (Å²) in [6.07, 6.45) is 8.51. The number of benzene rings is 1. The fourth-order valence-corrected chi connectivity index (χ4v) is 5.30. The monoisotopic (exact) mass is 389 g/mol. The summed E-state index contributed by atoms with van der Waals surface area (Å²) < 4.78 is 25.5. The molecule has 3 aliphatic rings. The van der Waals surface area contributed by atoms with E-state index in [1.807, 2.05) is 11.0 Å². The van der Waals surface area contributed by atoms with Crippen LogP contribution in [0.5, 0.6) is 0 Å². The molecular weight excluding hydrogens is 357 g/mol. The Kier molecular flexibility index (Phi) is 6.02. The van der Waals surface area contributed by atoms with Crippen LogP contribution in [0.2, 0.25) is 0 Å². The average Bonchev–Trinajstić information content (AvgIpc) is 2.91. The molecule has 3 fully saturated rings. The molecule has 0 radical (unpaired) electrons. The van der Waals surface area contributed by atoms with E-state index in [4.69, 9.17) is 9.47 Å². The molecule has 2 saturated heterocycles. The van der Waals surface area contributed by atoms with Crippen LogP contribution in [0.1, 0.15) is 56.9 Å². The molecule has 1 aromatic rings. The molecule has 0 atom stereocenters. The Balaban J connectivity index is 1.50. The van der Waals surface area contributed by atoms with Crippen LogP contribution in [0.15, 0.2) is 24.3 Å². The first-order chi connectivity index (χ1) is 13.6. The molecule has 0 aromatic heterocycles. The van der Waals surface area contributed by atoms with Gasteiger partial charge in [0.2, 0.25) is 5.91 Å². The van der Waals surface area contributed by atoms with Crippen molar-refractivity contribution in [1.82, 2.24) is 4.90 Å². The van der Waals surface area contributed by atoms with Crippen molar-refractivity contribution in [2.75, 3.05) is 32.9 Å². The number of hydrogen-bond donors (Lipinski definition) is 0. The molecule has 0 N–H and O–H groups in total. The molecular formula is C23H32FNO3. The van der Waals surface area contributed by atoms with Gasteiger partial charge in [0.1, 0.15) is 5.82 Å². The minimum absolute atomic E-state index is 0.116. The summed E-state index contributed by atoms with van der Waals surface area (Å²) in [5.41, 5.74) is 0.427. The smallest absolute Gasteiger partial charge is 0.229 e. The van der Waals surface area contributed by atoms with Gasteiger partial charge >= 0.3 is 0 Å². The van der Waals surface area contributed by atoms with E-state index in [1.54, 1.807) is 12.1 Å². The van der Waals surface area contributed by atoms with Crippen molar-refractivity contribution in [2.24, 2.45) is 5.41 Å². The lowest BCUT2D eigenvalue weighted by molar-refractivity contribution is -0.144. The van der Waals surface area contributed by atoms with Crippen LogP contribution in [0, 0.1) is 11.2 Å². The lowest BCUT2D eigenvalue weighted by Crippen LogP contribution is -2.47. The van der Waals surface area contributed by atoms with Gasteiger partial charge in [0.25, 0.3) is 0 Å². The predicted molar refractivity (Wildman–Crippen MR) is 106 cm³/mol. The van der Waals surface area contributed by atoms with Crippen LogP contribution >= 0.6 is 0 Å². The molecule has 154 valence electrons. The number of ether oxygens (including phenoxy) is 2. The number of amides is 1. The van der Waals surface area contributed by atoms with E-state index in [-0.39, 0.29) is 22.7 Å². The zero-order chi connectivity index (χ0) is 19.5. The van der Waals surface area contributed by atoms with Crippen molar-refractivity contribution in [2.45, 2.75) is 63.4 Å². The molecule has 1 aromatic carbocycles. The third-order valence-electron chi connectivity index (χ3n) is 6.99. The first-order valence-electron chi connectivity index (χ1n) is 10.9. The second kappa shape index (κ2) is 8.50. The second-order valence-electron chi connectivity index (χ2n) is 8.83. The van der Waals surface area contributed by atoms with Gasteiger partial charge in [-0.25, -0.2) is 4.39 Å². The summed E-state index contributed by atoms with van der Waals surface area (Å²) in [6.45, 7) is 3.51. The number of nitrogens with zero attached hydrogens (tertiary/aromatic N) is 1. The second-order valence-corrected chi connectivity index (χ2v) is 8.83. The van der Waals surface area contributed by atoms with E-state index in [9.17, 15) is 9.18 Å². The highest BCUT2D eigenvalue weighted by Gasteiger charge is 2.44. The molecule has 1 spiro atoms. The molecule has 4 nitrogen and oxygen atoms in total. The van der Waals surface area contributed by atoms with Gasteiger partial charge in [-0.2, -0.15) is 0 Å². The molecule has 28 heavy (non-hydrogen) atoms. The van der Waals surface area contributed by atoms with Crippen LogP contribution in [0.3, 0.4) is 0 Å². The summed E-state index contributed by atoms with van der Waals surface area (Å²) in [4.78, 5) is 15.8. The van der Waals surface area contributed by atoms with Crippen molar-refractivity contribution in [3.63, 3.8) is 0 Å². The Bertz CT molecular complexity index is 680. The van der Waals surface area contributed by atoms with Crippen LogP contribution in [-0.4, -0.2) is 49.3 Å². The van der Waals surface area contributed by atoms with Gasteiger partial charge < -0.3 is 14.4 Å². The Morgan fingerprint density at radius 1 is 1.00 bits per heavy atom. The van der Waals surface area contributed by atoms with Gasteiger partial charge in [0, 0.05) is 26.3 Å². The van der Waals surface area contributed by atoms with Gasteiger partial charge in [0.05, 0.1) is 17.6 Å². The summed E-state index contributed by atoms with van der Waals surface area (Å²) in [6, 6.07) is 6.76. The van der Waals surface area contributed by atoms with Crippen molar-refractivity contribution in [3.8, 4) is 0 Å². The van der Waals surface area contributed by atoms with Crippen molar-refractivity contribution < 1.29 is 18.7 Å². The largest absolute Gasteiger partial charge is 0.381 e. The van der Waals surface area contributed by atoms with Gasteiger partial charge in [-0.3, -0.25) is 4.79 Å². The van der Waals surface area contributed by atoms with E-state index in [1.165, 1.54) is 12.5 Å². The fraction of sp³-hybridized carbons (Fsp3) is 0.696. The van der Waals surface area contributed by atoms with Gasteiger partial charge in [-0.15, -0.1) is 0 Å². The highest BCUT2D eigenvalue weighted by atomic mass is 19.1. The fourth-order valence-electron chi connectivity index (χ4n) is 5.30. The van der Waals surface area contributed by atoms with Crippen LogP contribution in [0.4, 0.5) is 4.39 Å². The first-order valence-corrected chi connectivity index (χ1v) is 10.9. The molecule has 5 heteroatoms. The number of hydrogen-bond acceptors (Lipinski definition) is 3. The molecule has 2 heterocycles. The number of rotatable bonds is 3. The topological polar surface area (TPSA) is 38.8 Å². The average molecular weight is 390 g/mol. The SMILES string of the molecule is O=C(N1CCOC2(CCOCC2)CC1)C1(Cc2cccc(F)c2)CCCCC1. The number of carbonyl (C=O) groups excluding carboxylic acids is 1. The van der Waals surface area contributed by atoms with E-state index in [2.05, 4.69) is 0 Å². The molecule has 2 aliphatic heterocycles. The quantitative estimate of drug-likeness (QED) is 0.781. The summed E-state index contributed by atoms with van der Waals surface area (Å²) in [5, 5.41) is 0.